The Hall–Kier alpha value is -3.78. The van der Waals surface area contributed by atoms with Gasteiger partial charge in [-0.25, -0.2) is 9.97 Å². The van der Waals surface area contributed by atoms with E-state index in [1.807, 2.05) is 6.07 Å². The third-order valence-electron chi connectivity index (χ3n) is 4.47. The molecule has 2 atom stereocenters. The molecule has 0 aliphatic heterocycles. The molecule has 1 aromatic heterocycles. The summed E-state index contributed by atoms with van der Waals surface area (Å²) in [5, 5.41) is 5.59. The highest BCUT2D eigenvalue weighted by Gasteiger charge is 2.24. The molecule has 3 rings (SSSR count). The van der Waals surface area contributed by atoms with Crippen LogP contribution in [0.1, 0.15) is 35.3 Å². The van der Waals surface area contributed by atoms with Crippen LogP contribution in [-0.4, -0.2) is 33.9 Å². The molecule has 0 saturated heterocycles. The predicted octanol–water partition coefficient (Wildman–Crippen LogP) is 3.56. The predicted molar refractivity (Wildman–Crippen MR) is 119 cm³/mol. The van der Waals surface area contributed by atoms with Crippen LogP contribution in [0.2, 0.25) is 5.02 Å². The Morgan fingerprint density at radius 1 is 0.969 bits per heavy atom. The molecule has 2 amide bonds. The Balaban J connectivity index is 1.66. The Morgan fingerprint density at radius 2 is 1.62 bits per heavy atom. The number of nitrogens with one attached hydrogen (secondary N) is 2. The second-order valence-corrected chi connectivity index (χ2v) is 7.22. The summed E-state index contributed by atoms with van der Waals surface area (Å²) in [4.78, 5) is 45.3. The number of halogens is 1. The number of amides is 2. The fourth-order valence-electron chi connectivity index (χ4n) is 2.86. The van der Waals surface area contributed by atoms with E-state index in [1.54, 1.807) is 54.6 Å². The molecule has 1 heterocycles. The maximum atomic E-state index is 12.7. The van der Waals surface area contributed by atoms with Crippen LogP contribution < -0.4 is 10.6 Å². The van der Waals surface area contributed by atoms with Crippen molar-refractivity contribution in [2.45, 2.75) is 25.5 Å². The minimum atomic E-state index is -1.08. The first kappa shape index (κ1) is 22.9. The Bertz CT molecular complexity index is 1080. The molecule has 8 nitrogen and oxygen atoms in total. The first-order chi connectivity index (χ1) is 15.4. The topological polar surface area (TPSA) is 110 Å². The molecule has 164 valence electrons. The van der Waals surface area contributed by atoms with Crippen LogP contribution in [0.4, 0.5) is 5.95 Å². The first-order valence-electron chi connectivity index (χ1n) is 9.81. The number of hydrogen-bond acceptors (Lipinski definition) is 6. The monoisotopic (exact) mass is 452 g/mol. The summed E-state index contributed by atoms with van der Waals surface area (Å²) in [6.07, 6.45) is 1.69. The number of anilines is 1. The van der Waals surface area contributed by atoms with Crippen molar-refractivity contribution in [2.75, 3.05) is 5.32 Å². The van der Waals surface area contributed by atoms with Crippen LogP contribution in [0.5, 0.6) is 0 Å². The summed E-state index contributed by atoms with van der Waals surface area (Å²) < 4.78 is 5.26. The number of rotatable bonds is 8. The van der Waals surface area contributed by atoms with Gasteiger partial charge in [-0.2, -0.15) is 0 Å². The van der Waals surface area contributed by atoms with Crippen LogP contribution in [0, 0.1) is 0 Å². The van der Waals surface area contributed by atoms with Gasteiger partial charge in [-0.1, -0.05) is 54.1 Å². The first-order valence-corrected chi connectivity index (χ1v) is 10.2. The summed E-state index contributed by atoms with van der Waals surface area (Å²) in [5.41, 5.74) is 0.999. The van der Waals surface area contributed by atoms with E-state index in [-0.39, 0.29) is 12.4 Å². The zero-order chi connectivity index (χ0) is 22.9. The summed E-state index contributed by atoms with van der Waals surface area (Å²) in [5.74, 6) is -1.55. The molecule has 32 heavy (non-hydrogen) atoms. The number of nitrogens with zero attached hydrogens (tertiary/aromatic N) is 2. The number of esters is 1. The van der Waals surface area contributed by atoms with Crippen LogP contribution in [-0.2, 0) is 14.3 Å². The summed E-state index contributed by atoms with van der Waals surface area (Å²) in [6.45, 7) is 1.44. The van der Waals surface area contributed by atoms with Crippen LogP contribution in [0.15, 0.2) is 73.1 Å². The van der Waals surface area contributed by atoms with E-state index in [9.17, 15) is 14.4 Å². The van der Waals surface area contributed by atoms with Gasteiger partial charge in [0.05, 0.1) is 23.0 Å². The number of aromatic nitrogens is 2. The zero-order valence-electron chi connectivity index (χ0n) is 17.2. The number of ether oxygens (including phenoxy) is 1. The van der Waals surface area contributed by atoms with Crippen molar-refractivity contribution in [2.24, 2.45) is 0 Å². The van der Waals surface area contributed by atoms with E-state index < -0.39 is 29.9 Å². The molecular formula is C23H21ClN4O4. The number of benzene rings is 2. The van der Waals surface area contributed by atoms with E-state index in [0.717, 1.165) is 0 Å². The second-order valence-electron chi connectivity index (χ2n) is 6.81. The van der Waals surface area contributed by atoms with Crippen molar-refractivity contribution in [1.82, 2.24) is 15.3 Å². The molecule has 0 radical (unpaired) electrons. The van der Waals surface area contributed by atoms with Gasteiger partial charge in [0.2, 0.25) is 5.95 Å². The number of hydrogen-bond donors (Lipinski definition) is 2. The lowest BCUT2D eigenvalue weighted by Crippen LogP contribution is -2.34. The van der Waals surface area contributed by atoms with Gasteiger partial charge in [-0.3, -0.25) is 19.7 Å². The van der Waals surface area contributed by atoms with Crippen molar-refractivity contribution >= 4 is 35.3 Å². The number of carbonyl (C=O) groups excluding carboxylic acids is 3. The average molecular weight is 453 g/mol. The average Bonchev–Trinajstić information content (AvgIpc) is 2.80. The highest BCUT2D eigenvalue weighted by atomic mass is 35.5. The van der Waals surface area contributed by atoms with Gasteiger partial charge in [0.25, 0.3) is 11.8 Å². The maximum absolute atomic E-state index is 12.7. The van der Waals surface area contributed by atoms with Gasteiger partial charge in [0, 0.05) is 12.4 Å². The molecule has 2 unspecified atom stereocenters. The fourth-order valence-corrected chi connectivity index (χ4v) is 3.08. The van der Waals surface area contributed by atoms with Gasteiger partial charge >= 0.3 is 5.97 Å². The minimum absolute atomic E-state index is 0.106. The van der Waals surface area contributed by atoms with Crippen molar-refractivity contribution in [1.29, 1.82) is 0 Å². The summed E-state index contributed by atoms with van der Waals surface area (Å²) >= 11 is 6.12. The Labute approximate surface area is 190 Å². The lowest BCUT2D eigenvalue weighted by atomic mass is 10.0. The number of carbonyl (C=O) groups is 3. The van der Waals surface area contributed by atoms with Gasteiger partial charge < -0.3 is 10.1 Å². The molecule has 0 fully saturated rings. The molecule has 9 heteroatoms. The second kappa shape index (κ2) is 11.0. The van der Waals surface area contributed by atoms with Crippen LogP contribution >= 0.6 is 11.6 Å². The third-order valence-corrected chi connectivity index (χ3v) is 4.80. The van der Waals surface area contributed by atoms with E-state index in [2.05, 4.69) is 20.6 Å². The maximum Gasteiger partial charge on any atom is 0.309 e. The van der Waals surface area contributed by atoms with Gasteiger partial charge in [-0.15, -0.1) is 0 Å². The van der Waals surface area contributed by atoms with Crippen molar-refractivity contribution < 1.29 is 19.1 Å². The lowest BCUT2D eigenvalue weighted by molar-refractivity contribution is -0.153. The Morgan fingerprint density at radius 3 is 2.31 bits per heavy atom. The smallest absolute Gasteiger partial charge is 0.309 e. The molecular weight excluding hydrogens is 432 g/mol. The minimum Gasteiger partial charge on any atom is -0.452 e. The van der Waals surface area contributed by atoms with Gasteiger partial charge in [0.1, 0.15) is 0 Å². The quantitative estimate of drug-likeness (QED) is 0.505. The van der Waals surface area contributed by atoms with Crippen LogP contribution in [0.25, 0.3) is 0 Å². The molecule has 2 N–H and O–H groups in total. The highest BCUT2D eigenvalue weighted by molar-refractivity contribution is 6.33. The van der Waals surface area contributed by atoms with Crippen molar-refractivity contribution in [3.63, 3.8) is 0 Å². The fraction of sp³-hybridized carbons (Fsp3) is 0.174. The van der Waals surface area contributed by atoms with E-state index in [0.29, 0.717) is 16.1 Å². The van der Waals surface area contributed by atoms with E-state index in [1.165, 1.54) is 19.3 Å². The van der Waals surface area contributed by atoms with Crippen molar-refractivity contribution in [3.8, 4) is 0 Å². The van der Waals surface area contributed by atoms with Gasteiger partial charge in [-0.05, 0) is 30.7 Å². The third kappa shape index (κ3) is 6.36. The molecule has 0 aliphatic rings. The largest absolute Gasteiger partial charge is 0.452 e. The molecule has 3 aromatic rings. The molecule has 0 spiro atoms. The van der Waals surface area contributed by atoms with Crippen LogP contribution in [0.3, 0.4) is 0 Å². The lowest BCUT2D eigenvalue weighted by Gasteiger charge is -2.20. The normalized spacial score (nSPS) is 12.3. The Kier molecular flexibility index (Phi) is 7.88. The van der Waals surface area contributed by atoms with Gasteiger partial charge in [0.15, 0.2) is 6.10 Å². The standard InChI is InChI=1S/C23H21ClN4O4/c1-15(21(30)28-23-25-12-7-13-26-23)32-20(29)14-19(16-8-3-2-4-9-16)27-22(31)17-10-5-6-11-18(17)24/h2-13,15,19H,14H2,1H3,(H,27,31)(H,25,26,28,30). The zero-order valence-corrected chi connectivity index (χ0v) is 18.0. The SMILES string of the molecule is CC(OC(=O)CC(NC(=O)c1ccccc1Cl)c1ccccc1)C(=O)Nc1ncccn1. The summed E-state index contributed by atoms with van der Waals surface area (Å²) in [7, 11) is 0. The molecule has 0 aliphatic carbocycles. The van der Waals surface area contributed by atoms with E-state index in [4.69, 9.17) is 16.3 Å². The van der Waals surface area contributed by atoms with Crippen molar-refractivity contribution in [3.05, 3.63) is 89.2 Å². The molecule has 0 bridgehead atoms. The molecule has 0 saturated carbocycles. The van der Waals surface area contributed by atoms with E-state index >= 15 is 0 Å². The molecule has 2 aromatic carbocycles. The summed E-state index contributed by atoms with van der Waals surface area (Å²) in [6, 6.07) is 16.5. The highest BCUT2D eigenvalue weighted by Crippen LogP contribution is 2.21.